The lowest BCUT2D eigenvalue weighted by molar-refractivity contribution is -0.138. The van der Waals surface area contributed by atoms with Crippen LogP contribution in [0.25, 0.3) is 0 Å². The van der Waals surface area contributed by atoms with Crippen LogP contribution in [0, 0.1) is 5.92 Å². The molecule has 0 heterocycles. The van der Waals surface area contributed by atoms with Gasteiger partial charge in [0.25, 0.3) is 5.91 Å². The smallest absolute Gasteiger partial charge is 0.305 e. The SMILES string of the molecule is COc1cc(C(=O)NC(C)(CC(=O)O)C(C)C)ccc1OC(C)C. The van der Waals surface area contributed by atoms with E-state index >= 15 is 0 Å². The second kappa shape index (κ2) is 8.04. The lowest BCUT2D eigenvalue weighted by atomic mass is 9.85. The van der Waals surface area contributed by atoms with Crippen LogP contribution in [-0.4, -0.2) is 35.7 Å². The summed E-state index contributed by atoms with van der Waals surface area (Å²) in [5, 5.41) is 11.9. The van der Waals surface area contributed by atoms with E-state index in [2.05, 4.69) is 5.32 Å². The van der Waals surface area contributed by atoms with Crippen molar-refractivity contribution >= 4 is 11.9 Å². The molecule has 0 bridgehead atoms. The molecule has 6 nitrogen and oxygen atoms in total. The number of carbonyl (C=O) groups is 2. The Balaban J connectivity index is 3.04. The number of carboxylic acid groups (broad SMARTS) is 1. The molecule has 0 fully saturated rings. The monoisotopic (exact) mass is 337 g/mol. The number of amides is 1. The molecule has 134 valence electrons. The van der Waals surface area contributed by atoms with E-state index in [1.807, 2.05) is 27.7 Å². The van der Waals surface area contributed by atoms with Gasteiger partial charge in [0.1, 0.15) is 0 Å². The molecule has 0 radical (unpaired) electrons. The number of carbonyl (C=O) groups excluding carboxylic acids is 1. The molecule has 0 saturated heterocycles. The maximum atomic E-state index is 12.5. The molecule has 24 heavy (non-hydrogen) atoms. The van der Waals surface area contributed by atoms with Gasteiger partial charge in [0, 0.05) is 5.56 Å². The van der Waals surface area contributed by atoms with E-state index in [0.717, 1.165) is 0 Å². The minimum absolute atomic E-state index is 0.0154. The summed E-state index contributed by atoms with van der Waals surface area (Å²) in [5.74, 6) is -0.323. The van der Waals surface area contributed by atoms with Gasteiger partial charge in [0.2, 0.25) is 0 Å². The van der Waals surface area contributed by atoms with Crippen molar-refractivity contribution in [2.24, 2.45) is 5.92 Å². The maximum absolute atomic E-state index is 12.5. The summed E-state index contributed by atoms with van der Waals surface area (Å²) in [7, 11) is 1.51. The van der Waals surface area contributed by atoms with E-state index in [1.54, 1.807) is 25.1 Å². The van der Waals surface area contributed by atoms with E-state index in [-0.39, 0.29) is 24.3 Å². The topological polar surface area (TPSA) is 84.9 Å². The highest BCUT2D eigenvalue weighted by Crippen LogP contribution is 2.29. The predicted molar refractivity (Wildman–Crippen MR) is 91.7 cm³/mol. The lowest BCUT2D eigenvalue weighted by Crippen LogP contribution is -2.51. The van der Waals surface area contributed by atoms with Crippen LogP contribution in [0.2, 0.25) is 0 Å². The fraction of sp³-hybridized carbons (Fsp3) is 0.556. The molecule has 2 N–H and O–H groups in total. The summed E-state index contributed by atoms with van der Waals surface area (Å²) in [6, 6.07) is 4.91. The fourth-order valence-electron chi connectivity index (χ4n) is 2.20. The van der Waals surface area contributed by atoms with Crippen LogP contribution >= 0.6 is 0 Å². The van der Waals surface area contributed by atoms with Gasteiger partial charge in [-0.25, -0.2) is 0 Å². The standard InChI is InChI=1S/C18H27NO5/c1-11(2)18(5,10-16(20)21)19-17(22)13-7-8-14(24-12(3)4)15(9-13)23-6/h7-9,11-12H,10H2,1-6H3,(H,19,22)(H,20,21). The fourth-order valence-corrected chi connectivity index (χ4v) is 2.20. The Hall–Kier alpha value is -2.24. The lowest BCUT2D eigenvalue weighted by Gasteiger charge is -2.33. The van der Waals surface area contributed by atoms with Crippen LogP contribution in [-0.2, 0) is 4.79 Å². The summed E-state index contributed by atoms with van der Waals surface area (Å²) >= 11 is 0. The van der Waals surface area contributed by atoms with E-state index in [0.29, 0.717) is 17.1 Å². The van der Waals surface area contributed by atoms with Crippen molar-refractivity contribution in [3.63, 3.8) is 0 Å². The molecule has 1 atom stereocenters. The molecule has 0 aliphatic heterocycles. The molecular weight excluding hydrogens is 310 g/mol. The molecule has 6 heteroatoms. The Morgan fingerprint density at radius 3 is 2.29 bits per heavy atom. The van der Waals surface area contributed by atoms with Crippen molar-refractivity contribution in [3.05, 3.63) is 23.8 Å². The summed E-state index contributed by atoms with van der Waals surface area (Å²) in [6.07, 6.45) is -0.166. The van der Waals surface area contributed by atoms with E-state index in [1.165, 1.54) is 7.11 Å². The first-order chi connectivity index (χ1) is 11.1. The maximum Gasteiger partial charge on any atom is 0.305 e. The Labute approximate surface area is 143 Å². The Morgan fingerprint density at radius 1 is 1.21 bits per heavy atom. The summed E-state index contributed by atoms with van der Waals surface area (Å²) < 4.78 is 10.9. The second-order valence-electron chi connectivity index (χ2n) is 6.63. The molecule has 0 aliphatic rings. The first kappa shape index (κ1) is 19.8. The molecular formula is C18H27NO5. The molecule has 1 unspecified atom stereocenters. The van der Waals surface area contributed by atoms with Gasteiger partial charge in [-0.2, -0.15) is 0 Å². The van der Waals surface area contributed by atoms with Crippen molar-refractivity contribution in [2.45, 2.75) is 52.7 Å². The molecule has 0 spiro atoms. The van der Waals surface area contributed by atoms with Crippen molar-refractivity contribution in [1.82, 2.24) is 5.32 Å². The van der Waals surface area contributed by atoms with Gasteiger partial charge in [-0.15, -0.1) is 0 Å². The highest BCUT2D eigenvalue weighted by molar-refractivity contribution is 5.95. The van der Waals surface area contributed by atoms with Crippen molar-refractivity contribution in [2.75, 3.05) is 7.11 Å². The van der Waals surface area contributed by atoms with E-state index in [9.17, 15) is 9.59 Å². The largest absolute Gasteiger partial charge is 0.493 e. The van der Waals surface area contributed by atoms with E-state index < -0.39 is 11.5 Å². The first-order valence-electron chi connectivity index (χ1n) is 7.98. The summed E-state index contributed by atoms with van der Waals surface area (Å²) in [4.78, 5) is 23.6. The van der Waals surface area contributed by atoms with Gasteiger partial charge < -0.3 is 19.9 Å². The van der Waals surface area contributed by atoms with Crippen molar-refractivity contribution < 1.29 is 24.2 Å². The van der Waals surface area contributed by atoms with Crippen LogP contribution in [0.5, 0.6) is 11.5 Å². The highest BCUT2D eigenvalue weighted by Gasteiger charge is 2.33. The summed E-state index contributed by atoms with van der Waals surface area (Å²) in [6.45, 7) is 9.30. The van der Waals surface area contributed by atoms with Crippen LogP contribution in [0.1, 0.15) is 51.4 Å². The molecule has 1 aromatic carbocycles. The Morgan fingerprint density at radius 2 is 1.83 bits per heavy atom. The molecule has 1 amide bonds. The van der Waals surface area contributed by atoms with Gasteiger partial charge in [-0.05, 0) is 44.9 Å². The normalized spacial score (nSPS) is 13.5. The van der Waals surface area contributed by atoms with Gasteiger partial charge in [0.15, 0.2) is 11.5 Å². The number of hydrogen-bond donors (Lipinski definition) is 2. The first-order valence-corrected chi connectivity index (χ1v) is 7.98. The molecule has 0 aromatic heterocycles. The van der Waals surface area contributed by atoms with Crippen LogP contribution in [0.3, 0.4) is 0 Å². The number of ether oxygens (including phenoxy) is 2. The number of benzene rings is 1. The van der Waals surface area contributed by atoms with Gasteiger partial charge in [0.05, 0.1) is 25.2 Å². The molecule has 0 saturated carbocycles. The number of aliphatic carboxylic acids is 1. The van der Waals surface area contributed by atoms with Crippen LogP contribution in [0.4, 0.5) is 0 Å². The Kier molecular flexibility index (Phi) is 6.63. The highest BCUT2D eigenvalue weighted by atomic mass is 16.5. The molecule has 1 rings (SSSR count). The number of carboxylic acids is 1. The number of hydrogen-bond acceptors (Lipinski definition) is 4. The minimum Gasteiger partial charge on any atom is -0.493 e. The zero-order valence-electron chi connectivity index (χ0n) is 15.2. The predicted octanol–water partition coefficient (Wildman–Crippen LogP) is 3.10. The third-order valence-corrected chi connectivity index (χ3v) is 3.98. The van der Waals surface area contributed by atoms with Gasteiger partial charge >= 0.3 is 5.97 Å². The van der Waals surface area contributed by atoms with Gasteiger partial charge in [-0.3, -0.25) is 9.59 Å². The zero-order valence-corrected chi connectivity index (χ0v) is 15.2. The third kappa shape index (κ3) is 5.15. The van der Waals surface area contributed by atoms with Crippen LogP contribution < -0.4 is 14.8 Å². The quantitative estimate of drug-likeness (QED) is 0.761. The van der Waals surface area contributed by atoms with E-state index in [4.69, 9.17) is 14.6 Å². The van der Waals surface area contributed by atoms with Crippen molar-refractivity contribution in [1.29, 1.82) is 0 Å². The average molecular weight is 337 g/mol. The van der Waals surface area contributed by atoms with Crippen molar-refractivity contribution in [3.8, 4) is 11.5 Å². The number of nitrogens with one attached hydrogen (secondary N) is 1. The zero-order chi connectivity index (χ0) is 18.5. The molecule has 1 aromatic rings. The minimum atomic E-state index is -0.954. The average Bonchev–Trinajstić information content (AvgIpc) is 2.45. The number of rotatable bonds is 8. The van der Waals surface area contributed by atoms with Gasteiger partial charge in [-0.1, -0.05) is 13.8 Å². The number of methoxy groups -OCH3 is 1. The second-order valence-corrected chi connectivity index (χ2v) is 6.63. The molecule has 0 aliphatic carbocycles. The third-order valence-electron chi connectivity index (χ3n) is 3.98. The van der Waals surface area contributed by atoms with Crippen LogP contribution in [0.15, 0.2) is 18.2 Å². The Bertz CT molecular complexity index is 597. The summed E-state index contributed by atoms with van der Waals surface area (Å²) in [5.41, 5.74) is -0.455.